The molecule has 1 aromatic heterocycles. The third-order valence-corrected chi connectivity index (χ3v) is 5.77. The molecule has 0 radical (unpaired) electrons. The Bertz CT molecular complexity index is 1300. The largest absolute Gasteiger partial charge is 0.473 e. The summed E-state index contributed by atoms with van der Waals surface area (Å²) in [5.74, 6) is -3.08. The molecule has 13 heteroatoms. The summed E-state index contributed by atoms with van der Waals surface area (Å²) in [6.07, 6.45) is -4.77. The van der Waals surface area contributed by atoms with Crippen LogP contribution in [0.1, 0.15) is 11.1 Å². The molecule has 0 amide bonds. The van der Waals surface area contributed by atoms with Crippen LogP contribution < -0.4 is 25.4 Å². The number of benzene rings is 2. The number of piperazine rings is 1. The van der Waals surface area contributed by atoms with E-state index in [-0.39, 0.29) is 18.1 Å². The third-order valence-electron chi connectivity index (χ3n) is 5.44. The van der Waals surface area contributed by atoms with Crippen molar-refractivity contribution in [2.45, 2.75) is 12.8 Å². The van der Waals surface area contributed by atoms with Gasteiger partial charge in [-0.25, -0.2) is 13.6 Å². The number of nitrogens with zero attached hydrogens (tertiary/aromatic N) is 3. The normalized spacial score (nSPS) is 14.1. The number of anilines is 1. The fraction of sp³-hybridized carbons (Fsp3) is 0.304. The van der Waals surface area contributed by atoms with E-state index >= 15 is 0 Å². The third kappa shape index (κ3) is 5.71. The first kappa shape index (κ1) is 25.7. The molecule has 2 heterocycles. The monoisotopic (exact) mass is 530 g/mol. The molecule has 1 saturated heterocycles. The molecule has 36 heavy (non-hydrogen) atoms. The highest BCUT2D eigenvalue weighted by atomic mass is 35.5. The zero-order chi connectivity index (χ0) is 26.0. The van der Waals surface area contributed by atoms with Gasteiger partial charge in [0.15, 0.2) is 17.4 Å². The number of alkyl halides is 3. The summed E-state index contributed by atoms with van der Waals surface area (Å²) in [4.78, 5) is 18.1. The molecule has 7 nitrogen and oxygen atoms in total. The van der Waals surface area contributed by atoms with Crippen LogP contribution in [0.3, 0.4) is 0 Å². The van der Waals surface area contributed by atoms with Gasteiger partial charge in [-0.1, -0.05) is 11.6 Å². The average molecular weight is 531 g/mol. The van der Waals surface area contributed by atoms with Crippen LogP contribution in [-0.4, -0.2) is 35.7 Å². The van der Waals surface area contributed by atoms with E-state index in [1.54, 1.807) is 13.1 Å². The lowest BCUT2D eigenvalue weighted by Gasteiger charge is -2.30. The Labute approximate surface area is 207 Å². The molecule has 1 aliphatic rings. The summed E-state index contributed by atoms with van der Waals surface area (Å²) in [6, 6.07) is 5.93. The quantitative estimate of drug-likeness (QED) is 0.473. The Morgan fingerprint density at radius 1 is 1.08 bits per heavy atom. The van der Waals surface area contributed by atoms with Crippen molar-refractivity contribution in [3.05, 3.63) is 74.7 Å². The van der Waals surface area contributed by atoms with Crippen LogP contribution in [0.5, 0.6) is 17.4 Å². The predicted molar refractivity (Wildman–Crippen MR) is 122 cm³/mol. The predicted octanol–water partition coefficient (Wildman–Crippen LogP) is 4.51. The van der Waals surface area contributed by atoms with Crippen molar-refractivity contribution in [1.82, 2.24) is 14.9 Å². The highest BCUT2D eigenvalue weighted by Gasteiger charge is 2.33. The number of nitrogens with one attached hydrogen (secondary N) is 1. The highest BCUT2D eigenvalue weighted by molar-refractivity contribution is 6.31. The molecule has 1 fully saturated rings. The number of hydrogen-bond acceptors (Lipinski definition) is 6. The maximum absolute atomic E-state index is 14.6. The van der Waals surface area contributed by atoms with Crippen molar-refractivity contribution in [3.8, 4) is 17.4 Å². The van der Waals surface area contributed by atoms with Crippen molar-refractivity contribution in [2.75, 3.05) is 31.1 Å². The van der Waals surface area contributed by atoms with Gasteiger partial charge in [-0.3, -0.25) is 4.57 Å². The molecule has 1 aliphatic heterocycles. The van der Waals surface area contributed by atoms with Gasteiger partial charge in [-0.2, -0.15) is 18.2 Å². The number of rotatable bonds is 6. The Hall–Kier alpha value is -3.38. The number of hydrogen-bond donors (Lipinski definition) is 1. The summed E-state index contributed by atoms with van der Waals surface area (Å²) in [5, 5.41) is 2.63. The van der Waals surface area contributed by atoms with Gasteiger partial charge in [0.1, 0.15) is 18.2 Å². The van der Waals surface area contributed by atoms with Crippen LogP contribution in [0.15, 0.2) is 41.2 Å². The molecule has 0 atom stereocenters. The smallest absolute Gasteiger partial charge is 0.417 e. The molecule has 0 bridgehead atoms. The van der Waals surface area contributed by atoms with E-state index in [4.69, 9.17) is 21.1 Å². The van der Waals surface area contributed by atoms with Crippen LogP contribution in [0.25, 0.3) is 0 Å². The molecule has 2 aromatic carbocycles. The van der Waals surface area contributed by atoms with Crippen molar-refractivity contribution in [2.24, 2.45) is 7.05 Å². The van der Waals surface area contributed by atoms with Gasteiger partial charge in [0.2, 0.25) is 5.88 Å². The van der Waals surface area contributed by atoms with Gasteiger partial charge >= 0.3 is 11.9 Å². The van der Waals surface area contributed by atoms with E-state index in [1.165, 1.54) is 4.57 Å². The highest BCUT2D eigenvalue weighted by Crippen LogP contribution is 2.38. The van der Waals surface area contributed by atoms with E-state index in [0.29, 0.717) is 25.0 Å². The minimum atomic E-state index is -4.77. The minimum Gasteiger partial charge on any atom is -0.473 e. The minimum absolute atomic E-state index is 0.0198. The maximum Gasteiger partial charge on any atom is 0.417 e. The van der Waals surface area contributed by atoms with Crippen LogP contribution in [0.4, 0.5) is 27.8 Å². The fourth-order valence-corrected chi connectivity index (χ4v) is 3.86. The molecule has 192 valence electrons. The summed E-state index contributed by atoms with van der Waals surface area (Å²) in [5.41, 5.74) is -1.70. The Morgan fingerprint density at radius 3 is 2.39 bits per heavy atom. The summed E-state index contributed by atoms with van der Waals surface area (Å²) >= 11 is 5.56. The molecular weight excluding hydrogens is 511 g/mol. The van der Waals surface area contributed by atoms with Gasteiger partial charge in [0, 0.05) is 39.3 Å². The number of aromatic nitrogens is 2. The molecule has 4 rings (SSSR count). The van der Waals surface area contributed by atoms with Crippen molar-refractivity contribution < 1.29 is 31.4 Å². The first-order chi connectivity index (χ1) is 17.0. The molecule has 0 saturated carbocycles. The Balaban J connectivity index is 1.51. The van der Waals surface area contributed by atoms with E-state index in [1.807, 2.05) is 4.90 Å². The van der Waals surface area contributed by atoms with Crippen LogP contribution in [0, 0.1) is 11.6 Å². The van der Waals surface area contributed by atoms with E-state index in [0.717, 1.165) is 37.4 Å². The number of ether oxygens (including phenoxy) is 2. The topological polar surface area (TPSA) is 68.6 Å². The summed E-state index contributed by atoms with van der Waals surface area (Å²) in [6.45, 7) is 2.51. The van der Waals surface area contributed by atoms with Gasteiger partial charge in [-0.05, 0) is 35.9 Å². The van der Waals surface area contributed by atoms with Gasteiger partial charge < -0.3 is 19.7 Å². The van der Waals surface area contributed by atoms with E-state index < -0.39 is 45.6 Å². The lowest BCUT2D eigenvalue weighted by Crippen LogP contribution is -2.45. The second-order valence-electron chi connectivity index (χ2n) is 7.95. The lowest BCUT2D eigenvalue weighted by molar-refractivity contribution is -0.137. The molecule has 0 aliphatic carbocycles. The standard InChI is InChI=1S/C23H20ClF5N4O3/c1-32-20(33-6-4-30-5-7-33)11-19(31-22(32)34)35-12-13-8-17(25)21(18(26)9-13)36-14-2-3-16(24)15(10-14)23(27,28)29/h2-3,8-11,30H,4-7,12H2,1H3. The zero-order valence-electron chi connectivity index (χ0n) is 18.8. The molecule has 3 aromatic rings. The van der Waals surface area contributed by atoms with Gasteiger partial charge in [0.25, 0.3) is 0 Å². The second kappa shape index (κ2) is 10.3. The molecular formula is C23H20ClF5N4O3. The molecule has 0 spiro atoms. The summed E-state index contributed by atoms with van der Waals surface area (Å²) in [7, 11) is 1.58. The molecule has 1 N–H and O–H groups in total. The van der Waals surface area contributed by atoms with Crippen LogP contribution in [0.2, 0.25) is 5.02 Å². The summed E-state index contributed by atoms with van der Waals surface area (Å²) < 4.78 is 80.3. The average Bonchev–Trinajstić information content (AvgIpc) is 2.83. The lowest BCUT2D eigenvalue weighted by atomic mass is 10.2. The van der Waals surface area contributed by atoms with Crippen molar-refractivity contribution >= 4 is 17.4 Å². The van der Waals surface area contributed by atoms with E-state index in [9.17, 15) is 26.7 Å². The Kier molecular flexibility index (Phi) is 7.36. The SMILES string of the molecule is Cn1c(N2CCNCC2)cc(OCc2cc(F)c(Oc3ccc(Cl)c(C(F)(F)F)c3)c(F)c2)nc1=O. The first-order valence-electron chi connectivity index (χ1n) is 10.7. The first-order valence-corrected chi connectivity index (χ1v) is 11.1. The number of halogens is 6. The van der Waals surface area contributed by atoms with Gasteiger partial charge in [0.05, 0.1) is 10.6 Å². The zero-order valence-corrected chi connectivity index (χ0v) is 19.6. The maximum atomic E-state index is 14.6. The van der Waals surface area contributed by atoms with Gasteiger partial charge in [-0.15, -0.1) is 0 Å². The van der Waals surface area contributed by atoms with Crippen LogP contribution in [-0.2, 0) is 19.8 Å². The molecule has 0 unspecified atom stereocenters. The Morgan fingerprint density at radius 2 is 1.75 bits per heavy atom. The second-order valence-corrected chi connectivity index (χ2v) is 8.36. The van der Waals surface area contributed by atoms with E-state index in [2.05, 4.69) is 10.3 Å². The fourth-order valence-electron chi connectivity index (χ4n) is 3.63. The van der Waals surface area contributed by atoms with Crippen molar-refractivity contribution in [1.29, 1.82) is 0 Å². The van der Waals surface area contributed by atoms with Crippen molar-refractivity contribution in [3.63, 3.8) is 0 Å². The van der Waals surface area contributed by atoms with Crippen LogP contribution >= 0.6 is 11.6 Å².